The molecule has 0 atom stereocenters. The molecule has 41 heavy (non-hydrogen) atoms. The van der Waals surface area contributed by atoms with E-state index in [0.29, 0.717) is 36.2 Å². The van der Waals surface area contributed by atoms with Crippen molar-refractivity contribution in [1.82, 2.24) is 14.7 Å². The smallest absolute Gasteiger partial charge is 0.257 e. The van der Waals surface area contributed by atoms with Crippen molar-refractivity contribution < 1.29 is 14.3 Å². The second-order valence-corrected chi connectivity index (χ2v) is 11.5. The molecule has 1 aliphatic carbocycles. The van der Waals surface area contributed by atoms with Crippen molar-refractivity contribution in [3.63, 3.8) is 0 Å². The molecule has 1 saturated heterocycles. The maximum atomic E-state index is 13.7. The van der Waals surface area contributed by atoms with E-state index in [9.17, 15) is 4.79 Å². The number of ether oxygens (including phenoxy) is 2. The highest BCUT2D eigenvalue weighted by Gasteiger charge is 2.30. The number of hydrogen-bond acceptors (Lipinski definition) is 5. The zero-order valence-corrected chi connectivity index (χ0v) is 26.3. The van der Waals surface area contributed by atoms with E-state index in [4.69, 9.17) is 9.47 Å². The lowest BCUT2D eigenvalue weighted by Crippen LogP contribution is -2.50. The van der Waals surface area contributed by atoms with Gasteiger partial charge in [-0.2, -0.15) is 0 Å². The summed E-state index contributed by atoms with van der Waals surface area (Å²) in [5, 5.41) is 0. The molecule has 0 spiro atoms. The highest BCUT2D eigenvalue weighted by atomic mass is 16.5. The fourth-order valence-corrected chi connectivity index (χ4v) is 5.86. The predicted octanol–water partition coefficient (Wildman–Crippen LogP) is 7.56. The number of benzene rings is 1. The molecule has 2 aliphatic heterocycles. The van der Waals surface area contributed by atoms with E-state index in [-0.39, 0.29) is 5.91 Å². The van der Waals surface area contributed by atoms with Gasteiger partial charge in [-0.05, 0) is 81.7 Å². The van der Waals surface area contributed by atoms with E-state index in [1.165, 1.54) is 28.8 Å². The van der Waals surface area contributed by atoms with Gasteiger partial charge in [0.05, 0.1) is 19.8 Å². The molecule has 2 fully saturated rings. The average molecular weight is 560 g/mol. The number of allylic oxidation sites excluding steroid dienone is 7. The first kappa shape index (κ1) is 30.7. The van der Waals surface area contributed by atoms with Gasteiger partial charge in [0, 0.05) is 61.5 Å². The summed E-state index contributed by atoms with van der Waals surface area (Å²) < 4.78 is 11.9. The van der Waals surface area contributed by atoms with Crippen molar-refractivity contribution in [2.24, 2.45) is 0 Å². The molecule has 1 aromatic rings. The van der Waals surface area contributed by atoms with Crippen molar-refractivity contribution >= 4 is 11.5 Å². The van der Waals surface area contributed by atoms with Crippen LogP contribution in [-0.2, 0) is 0 Å². The van der Waals surface area contributed by atoms with Gasteiger partial charge in [-0.1, -0.05) is 38.5 Å². The monoisotopic (exact) mass is 559 g/mol. The van der Waals surface area contributed by atoms with Gasteiger partial charge in [-0.3, -0.25) is 9.69 Å². The van der Waals surface area contributed by atoms with Crippen molar-refractivity contribution in [2.75, 3.05) is 40.4 Å². The molecule has 4 rings (SSSR count). The molecule has 0 radical (unpaired) electrons. The number of nitrogens with zero attached hydrogens (tertiary/aromatic N) is 3. The standard InChI is InChI=1S/C35H49N3O3/c1-8-10-12-16-28-26(5)34(27-14-13-15-27)38(17-11-9-2)24-31(28)29-22-33(41-7)30(23-32(29)40-6)35(39)37-20-18-36(19-21-37)25(3)4/h11-12,16-17,22-25H,8-10,13-15,18-21H2,1-7H3/b16-12-,17-11+. The lowest BCUT2D eigenvalue weighted by Gasteiger charge is -2.37. The third-order valence-electron chi connectivity index (χ3n) is 8.48. The minimum Gasteiger partial charge on any atom is -0.496 e. The van der Waals surface area contributed by atoms with E-state index < -0.39 is 0 Å². The Morgan fingerprint density at radius 2 is 1.71 bits per heavy atom. The number of carbonyl (C=O) groups excluding carboxylic acids is 1. The largest absolute Gasteiger partial charge is 0.496 e. The Bertz CT molecular complexity index is 1250. The van der Waals surface area contributed by atoms with Gasteiger partial charge in [-0.15, -0.1) is 0 Å². The van der Waals surface area contributed by atoms with Crippen molar-refractivity contribution in [3.05, 3.63) is 76.3 Å². The first-order valence-corrected chi connectivity index (χ1v) is 15.4. The van der Waals surface area contributed by atoms with Gasteiger partial charge < -0.3 is 19.3 Å². The molecule has 6 nitrogen and oxygen atoms in total. The Labute approximate surface area is 247 Å². The molecule has 0 unspecified atom stereocenters. The van der Waals surface area contributed by atoms with E-state index in [1.54, 1.807) is 14.2 Å². The number of amides is 1. The Morgan fingerprint density at radius 1 is 1.00 bits per heavy atom. The number of rotatable bonds is 10. The number of methoxy groups -OCH3 is 2. The fourth-order valence-electron chi connectivity index (χ4n) is 5.86. The Balaban J connectivity index is 1.80. The second-order valence-electron chi connectivity index (χ2n) is 11.5. The van der Waals surface area contributed by atoms with Crippen LogP contribution in [0.3, 0.4) is 0 Å². The molecule has 1 aromatic carbocycles. The van der Waals surface area contributed by atoms with Gasteiger partial charge in [0.25, 0.3) is 5.91 Å². The van der Waals surface area contributed by atoms with Crippen LogP contribution < -0.4 is 9.47 Å². The molecule has 1 saturated carbocycles. The molecule has 6 heteroatoms. The molecule has 222 valence electrons. The quantitative estimate of drug-likeness (QED) is 0.296. The zero-order chi connectivity index (χ0) is 29.5. The minimum atomic E-state index is -0.00738. The third-order valence-corrected chi connectivity index (χ3v) is 8.48. The topological polar surface area (TPSA) is 45.2 Å². The van der Waals surface area contributed by atoms with Gasteiger partial charge in [0.1, 0.15) is 11.5 Å². The fraction of sp³-hybridized carbons (Fsp3) is 0.514. The number of unbranched alkanes of at least 4 members (excludes halogenated alkanes) is 1. The first-order valence-electron chi connectivity index (χ1n) is 15.4. The average Bonchev–Trinajstić information content (AvgIpc) is 2.96. The molecular weight excluding hydrogens is 510 g/mol. The molecule has 0 aromatic heterocycles. The zero-order valence-electron chi connectivity index (χ0n) is 26.3. The summed E-state index contributed by atoms with van der Waals surface area (Å²) in [6.07, 6.45) is 17.8. The first-order chi connectivity index (χ1) is 19.8. The van der Waals surface area contributed by atoms with Gasteiger partial charge >= 0.3 is 0 Å². The van der Waals surface area contributed by atoms with Crippen LogP contribution in [0.2, 0.25) is 0 Å². The lowest BCUT2D eigenvalue weighted by molar-refractivity contribution is 0.0592. The van der Waals surface area contributed by atoms with E-state index in [0.717, 1.165) is 56.3 Å². The van der Waals surface area contributed by atoms with E-state index in [2.05, 4.69) is 75.0 Å². The second kappa shape index (κ2) is 14.1. The van der Waals surface area contributed by atoms with Crippen molar-refractivity contribution in [1.29, 1.82) is 0 Å². The third kappa shape index (κ3) is 6.64. The SMILES string of the molecule is CC/C=C/N1C=C(c2cc(OC)c(C(=O)N3CCN(C(C)C)CC3)cc2OC)C(/C=C\CCC)=C(C)C1=C1CCC1. The summed E-state index contributed by atoms with van der Waals surface area (Å²) in [6, 6.07) is 4.35. The normalized spacial score (nSPS) is 18.6. The molecule has 0 N–H and O–H groups in total. The highest BCUT2D eigenvalue weighted by Crippen LogP contribution is 2.45. The molecular formula is C35H49N3O3. The lowest BCUT2D eigenvalue weighted by atomic mass is 9.83. The van der Waals surface area contributed by atoms with Gasteiger partial charge in [0.2, 0.25) is 0 Å². The summed E-state index contributed by atoms with van der Waals surface area (Å²) in [5.41, 5.74) is 7.84. The Hall–Kier alpha value is -3.25. The molecule has 1 amide bonds. The van der Waals surface area contributed by atoms with Crippen LogP contribution in [0.1, 0.15) is 89.1 Å². The summed E-state index contributed by atoms with van der Waals surface area (Å²) in [6.45, 7) is 14.2. The van der Waals surface area contributed by atoms with E-state index in [1.807, 2.05) is 17.0 Å². The van der Waals surface area contributed by atoms with Crippen LogP contribution in [0.15, 0.2) is 65.2 Å². The Kier molecular flexibility index (Phi) is 10.5. The Morgan fingerprint density at radius 3 is 2.27 bits per heavy atom. The molecule has 2 heterocycles. The summed E-state index contributed by atoms with van der Waals surface area (Å²) >= 11 is 0. The maximum Gasteiger partial charge on any atom is 0.257 e. The van der Waals surface area contributed by atoms with Crippen LogP contribution in [0.25, 0.3) is 5.57 Å². The predicted molar refractivity (Wildman–Crippen MR) is 169 cm³/mol. The van der Waals surface area contributed by atoms with Crippen LogP contribution in [0.4, 0.5) is 0 Å². The summed E-state index contributed by atoms with van der Waals surface area (Å²) in [4.78, 5) is 20.4. The highest BCUT2D eigenvalue weighted by molar-refractivity contribution is 5.99. The van der Waals surface area contributed by atoms with Crippen LogP contribution in [0, 0.1) is 0 Å². The number of hydrogen-bond donors (Lipinski definition) is 0. The van der Waals surface area contributed by atoms with Crippen molar-refractivity contribution in [3.8, 4) is 11.5 Å². The summed E-state index contributed by atoms with van der Waals surface area (Å²) in [7, 11) is 3.33. The summed E-state index contributed by atoms with van der Waals surface area (Å²) in [5.74, 6) is 1.24. The number of carbonyl (C=O) groups is 1. The van der Waals surface area contributed by atoms with Crippen molar-refractivity contribution in [2.45, 2.75) is 79.2 Å². The molecule has 3 aliphatic rings. The maximum absolute atomic E-state index is 13.7. The molecule has 0 bridgehead atoms. The van der Waals surface area contributed by atoms with Crippen LogP contribution in [0.5, 0.6) is 11.5 Å². The van der Waals surface area contributed by atoms with Crippen LogP contribution >= 0.6 is 0 Å². The van der Waals surface area contributed by atoms with E-state index >= 15 is 0 Å². The van der Waals surface area contributed by atoms with Crippen LogP contribution in [-0.4, -0.2) is 67.0 Å². The van der Waals surface area contributed by atoms with Gasteiger partial charge in [0.15, 0.2) is 0 Å². The minimum absolute atomic E-state index is 0.00738. The van der Waals surface area contributed by atoms with Gasteiger partial charge in [-0.25, -0.2) is 0 Å². The number of piperazine rings is 1.